The van der Waals surface area contributed by atoms with Gasteiger partial charge in [0.1, 0.15) is 5.82 Å². The molecule has 0 radical (unpaired) electrons. The molecule has 0 atom stereocenters. The summed E-state index contributed by atoms with van der Waals surface area (Å²) in [5.41, 5.74) is 4.05. The minimum atomic E-state index is -0.332. The van der Waals surface area contributed by atoms with E-state index in [1.165, 1.54) is 69.5 Å². The van der Waals surface area contributed by atoms with Crippen LogP contribution in [0.15, 0.2) is 41.2 Å². The Morgan fingerprint density at radius 2 is 1.85 bits per heavy atom. The van der Waals surface area contributed by atoms with Gasteiger partial charge in [-0.05, 0) is 107 Å². The van der Waals surface area contributed by atoms with Crippen LogP contribution in [0.3, 0.4) is 0 Å². The quantitative estimate of drug-likeness (QED) is 0.586. The maximum Gasteiger partial charge on any atom is 0.282 e. The van der Waals surface area contributed by atoms with Crippen molar-refractivity contribution in [2.45, 2.75) is 50.9 Å². The van der Waals surface area contributed by atoms with Crippen molar-refractivity contribution in [3.63, 3.8) is 0 Å². The average Bonchev–Trinajstić information content (AvgIpc) is 3.06. The number of rotatable bonds is 3. The second-order valence-corrected chi connectivity index (χ2v) is 11.3. The highest BCUT2D eigenvalue weighted by Crippen LogP contribution is 2.44. The molecule has 34 heavy (non-hydrogen) atoms. The number of fused-ring (bicyclic) bond motifs is 5. The smallest absolute Gasteiger partial charge is 0.282 e. The van der Waals surface area contributed by atoms with E-state index in [1.807, 2.05) is 12.1 Å². The monoisotopic (exact) mass is 476 g/mol. The van der Waals surface area contributed by atoms with Gasteiger partial charge in [-0.2, -0.15) is 4.98 Å². The molecule has 1 N–H and O–H groups in total. The lowest BCUT2D eigenvalue weighted by Crippen LogP contribution is -2.39. The van der Waals surface area contributed by atoms with Gasteiger partial charge in [0.25, 0.3) is 5.56 Å². The lowest BCUT2D eigenvalue weighted by molar-refractivity contribution is 0.167. The average molecular weight is 477 g/mol. The van der Waals surface area contributed by atoms with E-state index in [0.717, 1.165) is 22.9 Å². The van der Waals surface area contributed by atoms with Crippen molar-refractivity contribution in [3.8, 4) is 5.69 Å². The predicted octanol–water partition coefficient (Wildman–Crippen LogP) is 4.86. The third-order valence-electron chi connectivity index (χ3n) is 8.39. The molecular formula is C28H33ClN4O. The predicted molar refractivity (Wildman–Crippen MR) is 138 cm³/mol. The van der Waals surface area contributed by atoms with E-state index in [9.17, 15) is 4.79 Å². The maximum atomic E-state index is 12.9. The molecular weight excluding hydrogens is 444 g/mol. The number of benzene rings is 2. The van der Waals surface area contributed by atoms with Gasteiger partial charge in [0.05, 0.1) is 27.0 Å². The van der Waals surface area contributed by atoms with E-state index in [0.29, 0.717) is 16.3 Å². The second kappa shape index (κ2) is 8.47. The van der Waals surface area contributed by atoms with Crippen LogP contribution in [0.1, 0.15) is 62.4 Å². The van der Waals surface area contributed by atoms with Crippen LogP contribution in [0.4, 0.5) is 0 Å². The molecule has 3 aliphatic rings. The van der Waals surface area contributed by atoms with Crippen molar-refractivity contribution >= 4 is 22.5 Å². The molecule has 6 rings (SSSR count). The molecule has 0 bridgehead atoms. The number of nitrogens with zero attached hydrogens (tertiary/aromatic N) is 3. The van der Waals surface area contributed by atoms with Crippen LogP contribution in [0, 0.1) is 5.92 Å². The molecule has 178 valence electrons. The van der Waals surface area contributed by atoms with Crippen LogP contribution in [0.25, 0.3) is 16.6 Å². The van der Waals surface area contributed by atoms with E-state index in [4.69, 9.17) is 11.6 Å². The van der Waals surface area contributed by atoms with Crippen molar-refractivity contribution in [3.05, 3.63) is 68.7 Å². The van der Waals surface area contributed by atoms with Gasteiger partial charge in [-0.25, -0.2) is 0 Å². The maximum absolute atomic E-state index is 12.9. The number of piperidine rings is 2. The molecule has 2 aromatic carbocycles. The first-order valence-electron chi connectivity index (χ1n) is 12.7. The van der Waals surface area contributed by atoms with Gasteiger partial charge in [0.15, 0.2) is 0 Å². The van der Waals surface area contributed by atoms with Gasteiger partial charge in [-0.1, -0.05) is 29.8 Å². The Labute approximate surface area is 206 Å². The van der Waals surface area contributed by atoms with Crippen molar-refractivity contribution in [1.29, 1.82) is 0 Å². The van der Waals surface area contributed by atoms with Crippen LogP contribution in [0.2, 0.25) is 5.02 Å². The molecule has 6 heteroatoms. The molecule has 0 saturated carbocycles. The Morgan fingerprint density at radius 3 is 2.62 bits per heavy atom. The zero-order valence-corrected chi connectivity index (χ0v) is 20.9. The highest BCUT2D eigenvalue weighted by atomic mass is 35.5. The number of nitrogens with one attached hydrogen (secondary N) is 1. The highest BCUT2D eigenvalue weighted by molar-refractivity contribution is 6.35. The van der Waals surface area contributed by atoms with Gasteiger partial charge < -0.3 is 10.2 Å². The molecule has 5 nitrogen and oxygen atoms in total. The van der Waals surface area contributed by atoms with Gasteiger partial charge in [0, 0.05) is 6.54 Å². The van der Waals surface area contributed by atoms with E-state index in [1.54, 1.807) is 6.07 Å². The zero-order valence-electron chi connectivity index (χ0n) is 20.1. The third-order valence-corrected chi connectivity index (χ3v) is 8.71. The minimum absolute atomic E-state index is 0.242. The van der Waals surface area contributed by atoms with Gasteiger partial charge >= 0.3 is 0 Å². The molecule has 0 amide bonds. The van der Waals surface area contributed by atoms with Crippen molar-refractivity contribution in [1.82, 2.24) is 19.8 Å². The van der Waals surface area contributed by atoms with E-state index >= 15 is 0 Å². The first-order chi connectivity index (χ1) is 16.4. The SMILES string of the molecule is CC1(C)c2ccc(C3CCN(CC4CCNCC4)CC3)cc2-n2c1nc(=O)c1c(Cl)cccc12. The van der Waals surface area contributed by atoms with Crippen LogP contribution in [-0.4, -0.2) is 47.2 Å². The summed E-state index contributed by atoms with van der Waals surface area (Å²) in [6.45, 7) is 10.3. The number of hydrogen-bond acceptors (Lipinski definition) is 4. The largest absolute Gasteiger partial charge is 0.317 e. The fourth-order valence-electron chi connectivity index (χ4n) is 6.40. The van der Waals surface area contributed by atoms with Crippen molar-refractivity contribution in [2.75, 3.05) is 32.7 Å². The number of hydrogen-bond donors (Lipinski definition) is 1. The summed E-state index contributed by atoms with van der Waals surface area (Å²) in [7, 11) is 0. The van der Waals surface area contributed by atoms with E-state index in [2.05, 4.69) is 51.8 Å². The van der Waals surface area contributed by atoms with Crippen LogP contribution in [0.5, 0.6) is 0 Å². The summed E-state index contributed by atoms with van der Waals surface area (Å²) >= 11 is 6.44. The summed E-state index contributed by atoms with van der Waals surface area (Å²) in [6, 6.07) is 12.6. The highest BCUT2D eigenvalue weighted by Gasteiger charge is 2.39. The normalized spacial score (nSPS) is 21.0. The van der Waals surface area contributed by atoms with E-state index < -0.39 is 0 Å². The topological polar surface area (TPSA) is 50.2 Å². The zero-order chi connectivity index (χ0) is 23.4. The van der Waals surface area contributed by atoms with Gasteiger partial charge in [-0.15, -0.1) is 0 Å². The third kappa shape index (κ3) is 3.60. The lowest BCUT2D eigenvalue weighted by Gasteiger charge is -2.35. The summed E-state index contributed by atoms with van der Waals surface area (Å²) in [5.74, 6) is 2.23. The van der Waals surface area contributed by atoms with Crippen molar-refractivity contribution < 1.29 is 0 Å². The fourth-order valence-corrected chi connectivity index (χ4v) is 6.66. The summed E-state index contributed by atoms with van der Waals surface area (Å²) in [6.07, 6.45) is 5.03. The minimum Gasteiger partial charge on any atom is -0.317 e. The van der Waals surface area contributed by atoms with Crippen LogP contribution >= 0.6 is 11.6 Å². The molecule has 2 saturated heterocycles. The van der Waals surface area contributed by atoms with Crippen molar-refractivity contribution in [2.24, 2.45) is 5.92 Å². The van der Waals surface area contributed by atoms with Gasteiger partial charge in [-0.3, -0.25) is 9.36 Å². The first-order valence-corrected chi connectivity index (χ1v) is 13.1. The standard InChI is InChI=1S/C28H33ClN4O/c1-28(2)21-7-6-20(19-10-14-32(15-11-19)17-18-8-12-30-13-9-18)16-24(21)33-23-5-3-4-22(29)25(23)26(34)31-27(28)33/h3-7,16,18-19,30H,8-15,17H2,1-2H3. The first kappa shape index (κ1) is 22.3. The molecule has 4 heterocycles. The lowest BCUT2D eigenvalue weighted by atomic mass is 9.83. The molecule has 3 aliphatic heterocycles. The Morgan fingerprint density at radius 1 is 1.09 bits per heavy atom. The Bertz CT molecular complexity index is 1300. The number of likely N-dealkylation sites (tertiary alicyclic amines) is 1. The van der Waals surface area contributed by atoms with Crippen LogP contribution < -0.4 is 10.9 Å². The molecule has 2 fully saturated rings. The molecule has 3 aromatic rings. The molecule has 0 aliphatic carbocycles. The Kier molecular flexibility index (Phi) is 5.55. The Balaban J connectivity index is 1.32. The molecule has 1 aromatic heterocycles. The fraction of sp³-hybridized carbons (Fsp3) is 0.500. The molecule has 0 unspecified atom stereocenters. The Hall–Kier alpha value is -2.21. The van der Waals surface area contributed by atoms with Gasteiger partial charge in [0.2, 0.25) is 0 Å². The summed E-state index contributed by atoms with van der Waals surface area (Å²) in [5, 5.41) is 4.46. The number of halogens is 1. The van der Waals surface area contributed by atoms with E-state index in [-0.39, 0.29) is 11.0 Å². The summed E-state index contributed by atoms with van der Waals surface area (Å²) < 4.78 is 2.17. The van der Waals surface area contributed by atoms with Crippen LogP contribution in [-0.2, 0) is 5.41 Å². The number of aromatic nitrogens is 2. The second-order valence-electron chi connectivity index (χ2n) is 10.9. The summed E-state index contributed by atoms with van der Waals surface area (Å²) in [4.78, 5) is 20.1. The molecule has 0 spiro atoms.